The molecule has 262 valence electrons. The van der Waals surface area contributed by atoms with Gasteiger partial charge in [0.15, 0.2) is 0 Å². The lowest BCUT2D eigenvalue weighted by molar-refractivity contribution is -0.133. The SMILES string of the molecule is CNCC(=O)NCC(=O)NC(C(=O)N[C@@H](Cc1ccc(-c2ccccc2)cc1)C(=O)NCC(=O)NCC(=O)N[C@@H](C)CC(C)C)C(C)C. The van der Waals surface area contributed by atoms with Crippen molar-refractivity contribution in [3.63, 3.8) is 0 Å². The minimum atomic E-state index is -1.10. The Labute approximate surface area is 283 Å². The number of carbonyl (C=O) groups excluding carboxylic acids is 6. The standard InChI is InChI=1S/C35H51N7O6/c1-22(2)16-24(5)40-31(45)20-38-30(44)19-39-34(47)28(17-25-12-14-27(15-13-25)26-10-8-7-9-11-26)41-35(48)33(23(3)4)42-32(46)21-37-29(43)18-36-6/h7-15,22-24,28,33,36H,16-21H2,1-6H3,(H,37,43)(H,38,44)(H,39,47)(H,40,45)(H,41,48)(H,42,46)/t24-,28-,33?/m0/s1. The van der Waals surface area contributed by atoms with E-state index in [0.717, 1.165) is 23.1 Å². The molecule has 0 spiro atoms. The van der Waals surface area contributed by atoms with Gasteiger partial charge in [-0.2, -0.15) is 0 Å². The molecule has 0 bridgehead atoms. The van der Waals surface area contributed by atoms with Crippen molar-refractivity contribution in [1.82, 2.24) is 37.2 Å². The molecule has 13 nitrogen and oxygen atoms in total. The van der Waals surface area contributed by atoms with Crippen LogP contribution in [0, 0.1) is 11.8 Å². The molecule has 7 N–H and O–H groups in total. The van der Waals surface area contributed by atoms with E-state index in [0.29, 0.717) is 5.92 Å². The Bertz CT molecular complexity index is 1370. The summed E-state index contributed by atoms with van der Waals surface area (Å²) in [6, 6.07) is 15.2. The highest BCUT2D eigenvalue weighted by atomic mass is 16.2. The van der Waals surface area contributed by atoms with Crippen LogP contribution in [-0.4, -0.2) is 86.8 Å². The molecular weight excluding hydrogens is 614 g/mol. The summed E-state index contributed by atoms with van der Waals surface area (Å²) in [6.45, 7) is 8.54. The molecule has 6 amide bonds. The maximum Gasteiger partial charge on any atom is 0.243 e. The second kappa shape index (κ2) is 20.5. The number of hydrogen-bond donors (Lipinski definition) is 7. The largest absolute Gasteiger partial charge is 0.352 e. The number of benzene rings is 2. The first-order valence-corrected chi connectivity index (χ1v) is 16.3. The molecule has 0 fully saturated rings. The summed E-state index contributed by atoms with van der Waals surface area (Å²) < 4.78 is 0. The molecule has 0 aromatic heterocycles. The minimum Gasteiger partial charge on any atom is -0.352 e. The van der Waals surface area contributed by atoms with Crippen molar-refractivity contribution in [3.05, 3.63) is 60.2 Å². The average Bonchev–Trinajstić information content (AvgIpc) is 3.04. The normalized spacial score (nSPS) is 12.8. The molecule has 0 saturated carbocycles. The van der Waals surface area contributed by atoms with Crippen LogP contribution in [-0.2, 0) is 35.2 Å². The first kappa shape index (κ1) is 39.4. The lowest BCUT2D eigenvalue weighted by atomic mass is 9.99. The average molecular weight is 666 g/mol. The first-order chi connectivity index (χ1) is 22.8. The van der Waals surface area contributed by atoms with Gasteiger partial charge in [-0.3, -0.25) is 28.8 Å². The second-order valence-electron chi connectivity index (χ2n) is 12.5. The zero-order valence-electron chi connectivity index (χ0n) is 28.8. The molecule has 1 unspecified atom stereocenters. The van der Waals surface area contributed by atoms with Crippen LogP contribution < -0.4 is 37.2 Å². The Morgan fingerprint density at radius 2 is 1.12 bits per heavy atom. The van der Waals surface area contributed by atoms with Crippen molar-refractivity contribution in [1.29, 1.82) is 0 Å². The van der Waals surface area contributed by atoms with Crippen molar-refractivity contribution in [2.24, 2.45) is 11.8 Å². The molecule has 2 aromatic rings. The summed E-state index contributed by atoms with van der Waals surface area (Å²) in [4.78, 5) is 75.8. The molecular formula is C35H51N7O6. The number of hydrogen-bond acceptors (Lipinski definition) is 7. The van der Waals surface area contributed by atoms with Gasteiger partial charge in [0, 0.05) is 12.5 Å². The number of likely N-dealkylation sites (N-methyl/N-ethyl adjacent to an activating group) is 1. The Kier molecular flexibility index (Phi) is 16.8. The molecule has 48 heavy (non-hydrogen) atoms. The fourth-order valence-electron chi connectivity index (χ4n) is 4.96. The third kappa shape index (κ3) is 14.8. The van der Waals surface area contributed by atoms with E-state index >= 15 is 0 Å². The maximum absolute atomic E-state index is 13.4. The third-order valence-corrected chi connectivity index (χ3v) is 7.28. The quantitative estimate of drug-likeness (QED) is 0.115. The third-order valence-electron chi connectivity index (χ3n) is 7.28. The van der Waals surface area contributed by atoms with E-state index in [1.54, 1.807) is 20.9 Å². The van der Waals surface area contributed by atoms with E-state index in [9.17, 15) is 28.8 Å². The van der Waals surface area contributed by atoms with Gasteiger partial charge in [0.25, 0.3) is 0 Å². The summed E-state index contributed by atoms with van der Waals surface area (Å²) in [5.74, 6) is -3.01. The van der Waals surface area contributed by atoms with Gasteiger partial charge in [0.05, 0.1) is 26.2 Å². The highest BCUT2D eigenvalue weighted by molar-refractivity contribution is 5.95. The van der Waals surface area contributed by atoms with Crippen LogP contribution in [0.5, 0.6) is 0 Å². The van der Waals surface area contributed by atoms with Crippen LogP contribution in [0.25, 0.3) is 11.1 Å². The summed E-state index contributed by atoms with van der Waals surface area (Å²) >= 11 is 0. The van der Waals surface area contributed by atoms with E-state index in [1.165, 1.54) is 0 Å². The van der Waals surface area contributed by atoms with Crippen molar-refractivity contribution < 1.29 is 28.8 Å². The second-order valence-corrected chi connectivity index (χ2v) is 12.5. The number of rotatable bonds is 19. The summed E-state index contributed by atoms with van der Waals surface area (Å²) in [7, 11) is 1.60. The van der Waals surface area contributed by atoms with Gasteiger partial charge in [0.2, 0.25) is 35.4 Å². The zero-order valence-corrected chi connectivity index (χ0v) is 28.8. The molecule has 13 heteroatoms. The molecule has 3 atom stereocenters. The fourth-order valence-corrected chi connectivity index (χ4v) is 4.96. The number of nitrogens with one attached hydrogen (secondary N) is 7. The molecule has 0 aliphatic carbocycles. The van der Waals surface area contributed by atoms with E-state index in [1.807, 2.05) is 61.5 Å². The van der Waals surface area contributed by atoms with Crippen LogP contribution in [0.4, 0.5) is 0 Å². The predicted molar refractivity (Wildman–Crippen MR) is 184 cm³/mol. The van der Waals surface area contributed by atoms with E-state index < -0.39 is 42.3 Å². The minimum absolute atomic E-state index is 0.0349. The summed E-state index contributed by atoms with van der Waals surface area (Å²) in [5, 5.41) is 18.4. The van der Waals surface area contributed by atoms with E-state index in [-0.39, 0.29) is 49.8 Å². The zero-order chi connectivity index (χ0) is 35.6. The van der Waals surface area contributed by atoms with Gasteiger partial charge in [-0.25, -0.2) is 0 Å². The molecule has 2 aromatic carbocycles. The van der Waals surface area contributed by atoms with Gasteiger partial charge in [-0.15, -0.1) is 0 Å². The molecule has 0 saturated heterocycles. The van der Waals surface area contributed by atoms with Crippen molar-refractivity contribution in [2.45, 2.75) is 65.6 Å². The van der Waals surface area contributed by atoms with Crippen molar-refractivity contribution in [2.75, 3.05) is 33.2 Å². The highest BCUT2D eigenvalue weighted by Gasteiger charge is 2.29. The van der Waals surface area contributed by atoms with Gasteiger partial charge in [-0.05, 0) is 48.9 Å². The summed E-state index contributed by atoms with van der Waals surface area (Å²) in [5.41, 5.74) is 2.76. The van der Waals surface area contributed by atoms with Gasteiger partial charge < -0.3 is 37.2 Å². The Morgan fingerprint density at radius 3 is 1.69 bits per heavy atom. The number of carbonyl (C=O) groups is 6. The predicted octanol–water partition coefficient (Wildman–Crippen LogP) is 0.641. The van der Waals surface area contributed by atoms with Crippen molar-refractivity contribution >= 4 is 35.4 Å². The fraction of sp³-hybridized carbons (Fsp3) is 0.486. The highest BCUT2D eigenvalue weighted by Crippen LogP contribution is 2.20. The summed E-state index contributed by atoms with van der Waals surface area (Å²) in [6.07, 6.45) is 0.898. The lowest BCUT2D eigenvalue weighted by Gasteiger charge is -2.25. The van der Waals surface area contributed by atoms with Gasteiger partial charge >= 0.3 is 0 Å². The monoisotopic (exact) mass is 665 g/mol. The van der Waals surface area contributed by atoms with Crippen molar-refractivity contribution in [3.8, 4) is 11.1 Å². The van der Waals surface area contributed by atoms with Gasteiger partial charge in [-0.1, -0.05) is 82.3 Å². The molecule has 0 heterocycles. The Morgan fingerprint density at radius 1 is 0.583 bits per heavy atom. The number of amides is 6. The Hall–Kier alpha value is -4.78. The van der Waals surface area contributed by atoms with Crippen LogP contribution in [0.3, 0.4) is 0 Å². The van der Waals surface area contributed by atoms with Crippen LogP contribution >= 0.6 is 0 Å². The van der Waals surface area contributed by atoms with Crippen LogP contribution in [0.1, 0.15) is 46.6 Å². The molecule has 0 radical (unpaired) electrons. The van der Waals surface area contributed by atoms with E-state index in [4.69, 9.17) is 0 Å². The van der Waals surface area contributed by atoms with Crippen LogP contribution in [0.2, 0.25) is 0 Å². The van der Waals surface area contributed by atoms with Crippen LogP contribution in [0.15, 0.2) is 54.6 Å². The first-order valence-electron chi connectivity index (χ1n) is 16.3. The lowest BCUT2D eigenvalue weighted by Crippen LogP contribution is -2.57. The van der Waals surface area contributed by atoms with E-state index in [2.05, 4.69) is 51.1 Å². The molecule has 0 aliphatic heterocycles. The molecule has 2 rings (SSSR count). The molecule has 0 aliphatic rings. The van der Waals surface area contributed by atoms with Gasteiger partial charge in [0.1, 0.15) is 12.1 Å². The topological polar surface area (TPSA) is 187 Å². The Balaban J connectivity index is 2.11. The maximum atomic E-state index is 13.4. The smallest absolute Gasteiger partial charge is 0.243 e.